The summed E-state index contributed by atoms with van der Waals surface area (Å²) < 4.78 is 16.8. The number of methoxy groups -OCH3 is 1. The van der Waals surface area contributed by atoms with Gasteiger partial charge in [0, 0.05) is 63.7 Å². The number of aryl methyl sites for hydroxylation is 2. The number of nitrogens with two attached hydrogens (primary N) is 4. The third-order valence-electron chi connectivity index (χ3n) is 10.8. The maximum Gasteiger partial charge on any atom is 0.276 e. The first-order chi connectivity index (χ1) is 37.4. The van der Waals surface area contributed by atoms with E-state index in [-0.39, 0.29) is 103 Å². The van der Waals surface area contributed by atoms with Crippen molar-refractivity contribution >= 4 is 87.9 Å². The van der Waals surface area contributed by atoms with E-state index in [1.165, 1.54) is 54.6 Å². The average molecular weight is 1100 g/mol. The molecular formula is C54H82N14O9S. The fraction of sp³-hybridized carbons (Fsp3) is 0.444. The molecule has 1 unspecified atom stereocenters. The second kappa shape index (κ2) is 34.5. The normalized spacial score (nSPS) is 12.7. The Kier molecular flexibility index (Phi) is 30.0. The zero-order chi connectivity index (χ0) is 59.4. The zero-order valence-corrected chi connectivity index (χ0v) is 48.6. The van der Waals surface area contributed by atoms with Crippen LogP contribution in [0.5, 0.6) is 11.5 Å². The summed E-state index contributed by atoms with van der Waals surface area (Å²) in [5.74, 6) is -3.20. The Balaban J connectivity index is 0.00000287. The van der Waals surface area contributed by atoms with E-state index < -0.39 is 34.8 Å². The van der Waals surface area contributed by atoms with Crippen molar-refractivity contribution in [3.8, 4) is 11.5 Å². The molecule has 0 radical (unpaired) electrons. The number of hydrogen-bond donors (Lipinski definition) is 7. The average Bonchev–Trinajstić information content (AvgIpc) is 4.19. The highest BCUT2D eigenvalue weighted by molar-refractivity contribution is 7.81. The van der Waals surface area contributed by atoms with E-state index in [0.717, 1.165) is 4.90 Å². The molecular weight excluding hydrogens is 1020 g/mol. The monoisotopic (exact) mass is 1100 g/mol. The Morgan fingerprint density at radius 3 is 1.82 bits per heavy atom. The third kappa shape index (κ3) is 17.7. The number of nitrogens with one attached hydrogen (secondary N) is 2. The molecule has 0 spiro atoms. The quantitative estimate of drug-likeness (QED) is 0.0101. The number of ether oxygens (including phenoxy) is 2. The van der Waals surface area contributed by atoms with Crippen LogP contribution in [0.1, 0.15) is 132 Å². The number of amides is 7. The number of hydrogen-bond acceptors (Lipinski definition) is 15. The van der Waals surface area contributed by atoms with Crippen molar-refractivity contribution in [2.45, 2.75) is 127 Å². The van der Waals surface area contributed by atoms with E-state index in [0.29, 0.717) is 40.9 Å². The van der Waals surface area contributed by atoms with Gasteiger partial charge in [-0.25, -0.2) is 9.97 Å². The molecule has 1 aliphatic rings. The Bertz CT molecular complexity index is 2920. The lowest BCUT2D eigenvalue weighted by atomic mass is 10.1. The summed E-state index contributed by atoms with van der Waals surface area (Å²) in [5, 5.41) is 9.24. The molecule has 0 saturated carbocycles. The van der Waals surface area contributed by atoms with Crippen LogP contribution in [0.3, 0.4) is 0 Å². The van der Waals surface area contributed by atoms with E-state index in [1.807, 2.05) is 76.2 Å². The van der Waals surface area contributed by atoms with Crippen LogP contribution in [-0.4, -0.2) is 119 Å². The van der Waals surface area contributed by atoms with Gasteiger partial charge in [-0.2, -0.15) is 17.7 Å². The van der Waals surface area contributed by atoms with Crippen molar-refractivity contribution < 1.29 is 43.0 Å². The van der Waals surface area contributed by atoms with Gasteiger partial charge in [0.1, 0.15) is 28.2 Å². The first kappa shape index (κ1) is 67.9. The number of primary amides is 2. The molecule has 24 heteroatoms. The van der Waals surface area contributed by atoms with E-state index in [1.54, 1.807) is 46.0 Å². The minimum absolute atomic E-state index is 0.0103. The van der Waals surface area contributed by atoms with Crippen LogP contribution in [0.4, 0.5) is 11.9 Å². The molecule has 6 rings (SSSR count). The van der Waals surface area contributed by atoms with Crippen molar-refractivity contribution in [2.75, 3.05) is 44.5 Å². The van der Waals surface area contributed by atoms with Gasteiger partial charge < -0.3 is 46.4 Å². The van der Waals surface area contributed by atoms with Crippen molar-refractivity contribution in [1.29, 1.82) is 0 Å². The highest BCUT2D eigenvalue weighted by atomic mass is 32.1. The lowest BCUT2D eigenvalue weighted by Gasteiger charge is -2.20. The number of likely N-dealkylation sites (tertiary alicyclic amines) is 1. The molecule has 3 aromatic heterocycles. The summed E-state index contributed by atoms with van der Waals surface area (Å²) in [6.45, 7) is 24.4. The van der Waals surface area contributed by atoms with E-state index >= 15 is 0 Å². The summed E-state index contributed by atoms with van der Waals surface area (Å²) >= 11 is 4.12. The summed E-state index contributed by atoms with van der Waals surface area (Å²) in [6.07, 6.45) is 7.63. The molecule has 0 bridgehead atoms. The number of carbonyl (C=O) groups is 7. The van der Waals surface area contributed by atoms with Crippen molar-refractivity contribution in [2.24, 2.45) is 22.9 Å². The molecule has 23 nitrogen and oxygen atoms in total. The SMILES string of the molecule is CC.CC.CC.CC.CC.CCn1nc(C)cc1C(=O)Nc1nc2cc(C(N)=O)cc(OC)c2n1C/C=C/Cn1c(NC(=O)/C(N)=C/C=C\N)nc2cc(C(N)=O)cc(OCCCN(C)C(=O)CCN3C(=O)CC(S)C3=O)c21. The first-order valence-corrected chi connectivity index (χ1v) is 26.7. The molecule has 1 aliphatic heterocycles. The standard InChI is InChI=1S/C44H52N14O9S.5C2H6/c1-5-58-30(18-24(2)53-58)41(64)52-44-49-28-19-25(38(47)61)21-31(66-4)36(28)56(44)14-6-7-15-57-37-29(50-43(57)51-40(63)27(46)10-8-12-45)20-26(39(48)62)22-32(37)67-17-9-13-54(3)34(59)11-16-55-35(60)23-33(68)42(55)65;5*1-2/h6-8,10,12,18-22,33,68H,5,9,11,13-17,23,45-46H2,1-4H3,(H2,47,61)(H2,48,62)(H,49,52,64)(H,50,51,63);5*1-2H3/b7-6+,12-8-,27-10-;;;;;. The molecule has 0 aliphatic carbocycles. The molecule has 428 valence electrons. The highest BCUT2D eigenvalue weighted by Crippen LogP contribution is 2.33. The van der Waals surface area contributed by atoms with Gasteiger partial charge in [-0.1, -0.05) is 81.4 Å². The van der Waals surface area contributed by atoms with Crippen LogP contribution in [0.15, 0.2) is 66.5 Å². The summed E-state index contributed by atoms with van der Waals surface area (Å²) in [6, 6.07) is 7.50. The molecule has 1 saturated heterocycles. The maximum atomic E-state index is 13.7. The van der Waals surface area contributed by atoms with Crippen molar-refractivity contribution in [3.05, 3.63) is 89.0 Å². The van der Waals surface area contributed by atoms with Crippen LogP contribution in [0, 0.1) is 6.92 Å². The molecule has 2 aromatic carbocycles. The number of thiol groups is 1. The minimum atomic E-state index is -0.773. The largest absolute Gasteiger partial charge is 0.494 e. The molecule has 7 amide bonds. The Labute approximate surface area is 463 Å². The zero-order valence-electron chi connectivity index (χ0n) is 47.7. The van der Waals surface area contributed by atoms with Gasteiger partial charge >= 0.3 is 0 Å². The number of benzene rings is 2. The molecule has 78 heavy (non-hydrogen) atoms. The van der Waals surface area contributed by atoms with Crippen LogP contribution in [0.2, 0.25) is 0 Å². The van der Waals surface area contributed by atoms with Crippen LogP contribution in [-0.2, 0) is 38.8 Å². The number of carbonyl (C=O) groups excluding carboxylic acids is 7. The lowest BCUT2D eigenvalue weighted by molar-refractivity contribution is -0.139. The van der Waals surface area contributed by atoms with Gasteiger partial charge in [-0.15, -0.1) is 0 Å². The minimum Gasteiger partial charge on any atom is -0.494 e. The van der Waals surface area contributed by atoms with Crippen LogP contribution >= 0.6 is 12.6 Å². The lowest BCUT2D eigenvalue weighted by Crippen LogP contribution is -2.36. The summed E-state index contributed by atoms with van der Waals surface area (Å²) in [4.78, 5) is 101. The number of imide groups is 1. The second-order valence-corrected chi connectivity index (χ2v) is 16.1. The van der Waals surface area contributed by atoms with Gasteiger partial charge in [0.25, 0.3) is 11.8 Å². The van der Waals surface area contributed by atoms with Gasteiger partial charge in [-0.3, -0.25) is 53.8 Å². The molecule has 5 aromatic rings. The predicted molar refractivity (Wildman–Crippen MR) is 310 cm³/mol. The Morgan fingerprint density at radius 1 is 0.808 bits per heavy atom. The van der Waals surface area contributed by atoms with Crippen molar-refractivity contribution in [3.63, 3.8) is 0 Å². The van der Waals surface area contributed by atoms with E-state index in [2.05, 4.69) is 38.3 Å². The molecule has 1 fully saturated rings. The van der Waals surface area contributed by atoms with Crippen molar-refractivity contribution in [1.82, 2.24) is 38.7 Å². The van der Waals surface area contributed by atoms with Gasteiger partial charge in [0.15, 0.2) is 0 Å². The molecule has 10 N–H and O–H groups in total. The van der Waals surface area contributed by atoms with Crippen LogP contribution in [0.25, 0.3) is 22.1 Å². The summed E-state index contributed by atoms with van der Waals surface area (Å²) in [7, 11) is 3.01. The predicted octanol–water partition coefficient (Wildman–Crippen LogP) is 6.69. The number of imidazole rings is 2. The smallest absolute Gasteiger partial charge is 0.276 e. The van der Waals surface area contributed by atoms with E-state index in [9.17, 15) is 33.6 Å². The van der Waals surface area contributed by atoms with Gasteiger partial charge in [0.05, 0.1) is 41.4 Å². The van der Waals surface area contributed by atoms with Gasteiger partial charge in [-0.05, 0) is 69.0 Å². The fourth-order valence-electron chi connectivity index (χ4n) is 7.37. The highest BCUT2D eigenvalue weighted by Gasteiger charge is 2.36. The number of rotatable bonds is 21. The van der Waals surface area contributed by atoms with E-state index in [4.69, 9.17) is 32.4 Å². The number of allylic oxidation sites excluding steroid dienone is 4. The number of anilines is 2. The maximum absolute atomic E-state index is 13.7. The topological polar surface area (TPSA) is 326 Å². The van der Waals surface area contributed by atoms with Gasteiger partial charge in [0.2, 0.25) is 41.4 Å². The molecule has 1 atom stereocenters. The Morgan fingerprint density at radius 2 is 1.33 bits per heavy atom. The molecule has 4 heterocycles. The number of nitrogens with zero attached hydrogens (tertiary/aromatic N) is 8. The third-order valence-corrected chi connectivity index (χ3v) is 11.2. The first-order valence-electron chi connectivity index (χ1n) is 26.2. The fourth-order valence-corrected chi connectivity index (χ4v) is 7.66. The Hall–Kier alpha value is -8.15. The summed E-state index contributed by atoms with van der Waals surface area (Å²) in [5.41, 5.74) is 25.1. The number of aromatic nitrogens is 6. The van der Waals surface area contributed by atoms with Crippen LogP contribution < -0.4 is 43.0 Å². The number of fused-ring (bicyclic) bond motifs is 2. The second-order valence-electron chi connectivity index (χ2n) is 15.5.